The van der Waals surface area contributed by atoms with Gasteiger partial charge in [-0.05, 0) is 56.3 Å². The van der Waals surface area contributed by atoms with Crippen LogP contribution in [0.25, 0.3) is 0 Å². The van der Waals surface area contributed by atoms with Crippen molar-refractivity contribution in [1.82, 2.24) is 5.32 Å². The largest absolute Gasteiger partial charge is 0.481 e. The first-order chi connectivity index (χ1) is 10.3. The number of amides is 1. The first kappa shape index (κ1) is 19.9. The van der Waals surface area contributed by atoms with Crippen LogP contribution in [0, 0.1) is 16.7 Å². The minimum absolute atomic E-state index is 0.323. The molecule has 1 atom stereocenters. The summed E-state index contributed by atoms with van der Waals surface area (Å²) >= 11 is 0. The summed E-state index contributed by atoms with van der Waals surface area (Å²) in [5.41, 5.74) is 5.90. The summed E-state index contributed by atoms with van der Waals surface area (Å²) in [5.74, 6) is -0.832. The SMILES string of the molecule is CC(C)(CCC1C(C)(C)CCC1(C)C)NC(=O)[C@@H](N)CC(=O)O. The van der Waals surface area contributed by atoms with Gasteiger partial charge in [0.05, 0.1) is 12.5 Å². The van der Waals surface area contributed by atoms with Crippen molar-refractivity contribution < 1.29 is 14.7 Å². The van der Waals surface area contributed by atoms with Gasteiger partial charge >= 0.3 is 5.97 Å². The Hall–Kier alpha value is -1.10. The molecule has 1 fully saturated rings. The first-order valence-electron chi connectivity index (χ1n) is 8.56. The summed E-state index contributed by atoms with van der Waals surface area (Å²) < 4.78 is 0. The van der Waals surface area contributed by atoms with Crippen molar-refractivity contribution >= 4 is 11.9 Å². The van der Waals surface area contributed by atoms with E-state index in [0.29, 0.717) is 16.7 Å². The molecule has 0 bridgehead atoms. The van der Waals surface area contributed by atoms with Gasteiger partial charge in [0.15, 0.2) is 0 Å². The van der Waals surface area contributed by atoms with Crippen molar-refractivity contribution in [3.05, 3.63) is 0 Å². The number of carbonyl (C=O) groups is 2. The fourth-order valence-corrected chi connectivity index (χ4v) is 4.11. The summed E-state index contributed by atoms with van der Waals surface area (Å²) in [6.07, 6.45) is 4.03. The highest BCUT2D eigenvalue weighted by Crippen LogP contribution is 2.55. The summed E-state index contributed by atoms with van der Waals surface area (Å²) in [5, 5.41) is 11.6. The highest BCUT2D eigenvalue weighted by atomic mass is 16.4. The minimum atomic E-state index is -1.06. The number of hydrogen-bond acceptors (Lipinski definition) is 3. The molecule has 4 N–H and O–H groups in total. The van der Waals surface area contributed by atoms with E-state index in [9.17, 15) is 9.59 Å². The number of carboxylic acids is 1. The van der Waals surface area contributed by atoms with Crippen LogP contribution in [0.1, 0.15) is 73.6 Å². The molecule has 0 saturated heterocycles. The van der Waals surface area contributed by atoms with Crippen LogP contribution in [-0.2, 0) is 9.59 Å². The van der Waals surface area contributed by atoms with Crippen LogP contribution in [0.2, 0.25) is 0 Å². The van der Waals surface area contributed by atoms with Crippen LogP contribution in [0.4, 0.5) is 0 Å². The van der Waals surface area contributed by atoms with Crippen molar-refractivity contribution in [2.75, 3.05) is 0 Å². The lowest BCUT2D eigenvalue weighted by atomic mass is 9.69. The van der Waals surface area contributed by atoms with Crippen LogP contribution < -0.4 is 11.1 Å². The third-order valence-corrected chi connectivity index (χ3v) is 5.55. The van der Waals surface area contributed by atoms with Gasteiger partial charge < -0.3 is 16.2 Å². The molecular formula is C18H34N2O3. The topological polar surface area (TPSA) is 92.4 Å². The van der Waals surface area contributed by atoms with Gasteiger partial charge in [-0.15, -0.1) is 0 Å². The Labute approximate surface area is 140 Å². The standard InChI is InChI=1S/C18H34N2O3/c1-16(2)9-10-17(3,4)13(16)7-8-18(5,6)20-15(23)12(19)11-14(21)22/h12-13H,7-11,19H2,1-6H3,(H,20,23)(H,21,22)/t12-/m0/s1. The summed E-state index contributed by atoms with van der Waals surface area (Å²) in [4.78, 5) is 22.7. The number of nitrogens with two attached hydrogens (primary N) is 1. The average Bonchev–Trinajstić information content (AvgIpc) is 2.55. The van der Waals surface area contributed by atoms with E-state index in [1.165, 1.54) is 12.8 Å². The van der Waals surface area contributed by atoms with Crippen LogP contribution in [0.5, 0.6) is 0 Å². The minimum Gasteiger partial charge on any atom is -0.481 e. The smallest absolute Gasteiger partial charge is 0.305 e. The van der Waals surface area contributed by atoms with Crippen molar-refractivity contribution in [3.8, 4) is 0 Å². The molecule has 0 aromatic rings. The van der Waals surface area contributed by atoms with Gasteiger partial charge in [0.1, 0.15) is 0 Å². The Bertz CT molecular complexity index is 439. The number of carbonyl (C=O) groups excluding carboxylic acids is 1. The molecule has 1 amide bonds. The number of carboxylic acid groups (broad SMARTS) is 1. The van der Waals surface area contributed by atoms with Crippen molar-refractivity contribution in [2.45, 2.75) is 85.2 Å². The quantitative estimate of drug-likeness (QED) is 0.670. The van der Waals surface area contributed by atoms with E-state index in [1.54, 1.807) is 0 Å². The fourth-order valence-electron chi connectivity index (χ4n) is 4.11. The molecule has 1 saturated carbocycles. The normalized spacial score (nSPS) is 21.9. The number of nitrogens with one attached hydrogen (secondary N) is 1. The van der Waals surface area contributed by atoms with E-state index >= 15 is 0 Å². The zero-order valence-corrected chi connectivity index (χ0v) is 15.5. The Morgan fingerprint density at radius 1 is 1.22 bits per heavy atom. The molecule has 5 heteroatoms. The lowest BCUT2D eigenvalue weighted by Crippen LogP contribution is -2.51. The maximum atomic E-state index is 12.0. The molecular weight excluding hydrogens is 292 g/mol. The predicted octanol–water partition coefficient (Wildman–Crippen LogP) is 2.93. The summed E-state index contributed by atoms with van der Waals surface area (Å²) in [6.45, 7) is 13.3. The zero-order chi connectivity index (χ0) is 18.1. The molecule has 23 heavy (non-hydrogen) atoms. The fraction of sp³-hybridized carbons (Fsp3) is 0.889. The van der Waals surface area contributed by atoms with E-state index in [4.69, 9.17) is 10.8 Å². The van der Waals surface area contributed by atoms with E-state index in [1.807, 2.05) is 13.8 Å². The number of rotatable bonds is 7. The molecule has 0 unspecified atom stereocenters. The summed E-state index contributed by atoms with van der Waals surface area (Å²) in [7, 11) is 0. The van der Waals surface area contributed by atoms with Gasteiger partial charge in [0.25, 0.3) is 0 Å². The lowest BCUT2D eigenvalue weighted by Gasteiger charge is -2.38. The molecule has 0 aromatic carbocycles. The second-order valence-corrected chi connectivity index (χ2v) is 9.15. The van der Waals surface area contributed by atoms with Crippen molar-refractivity contribution in [1.29, 1.82) is 0 Å². The monoisotopic (exact) mass is 326 g/mol. The maximum Gasteiger partial charge on any atom is 0.305 e. The Kier molecular flexibility index (Phi) is 5.89. The molecule has 0 aliphatic heterocycles. The molecule has 1 rings (SSSR count). The molecule has 134 valence electrons. The number of hydrogen-bond donors (Lipinski definition) is 3. The van der Waals surface area contributed by atoms with Crippen LogP contribution in [0.15, 0.2) is 0 Å². The maximum absolute atomic E-state index is 12.0. The first-order valence-corrected chi connectivity index (χ1v) is 8.56. The molecule has 0 spiro atoms. The molecule has 0 radical (unpaired) electrons. The second kappa shape index (κ2) is 6.80. The van der Waals surface area contributed by atoms with E-state index in [0.717, 1.165) is 12.8 Å². The summed E-state index contributed by atoms with van der Waals surface area (Å²) in [6, 6.07) is -0.994. The highest BCUT2D eigenvalue weighted by Gasteiger charge is 2.46. The molecule has 1 aliphatic carbocycles. The number of aliphatic carboxylic acids is 1. The van der Waals surface area contributed by atoms with Gasteiger partial charge in [-0.3, -0.25) is 9.59 Å². The van der Waals surface area contributed by atoms with Gasteiger partial charge in [0, 0.05) is 5.54 Å². The third kappa shape index (κ3) is 5.48. The van der Waals surface area contributed by atoms with E-state index in [2.05, 4.69) is 33.0 Å². The van der Waals surface area contributed by atoms with Gasteiger partial charge in [-0.2, -0.15) is 0 Å². The van der Waals surface area contributed by atoms with Gasteiger partial charge in [-0.1, -0.05) is 27.7 Å². The van der Waals surface area contributed by atoms with Crippen LogP contribution in [-0.4, -0.2) is 28.6 Å². The molecule has 5 nitrogen and oxygen atoms in total. The third-order valence-electron chi connectivity index (χ3n) is 5.55. The van der Waals surface area contributed by atoms with Crippen molar-refractivity contribution in [2.24, 2.45) is 22.5 Å². The molecule has 0 aromatic heterocycles. The Morgan fingerprint density at radius 3 is 2.13 bits per heavy atom. The molecule has 0 heterocycles. The van der Waals surface area contributed by atoms with Crippen molar-refractivity contribution in [3.63, 3.8) is 0 Å². The Morgan fingerprint density at radius 2 is 1.70 bits per heavy atom. The van der Waals surface area contributed by atoms with Gasteiger partial charge in [-0.25, -0.2) is 0 Å². The lowest BCUT2D eigenvalue weighted by molar-refractivity contribution is -0.139. The zero-order valence-electron chi connectivity index (χ0n) is 15.5. The molecule has 1 aliphatic rings. The van der Waals surface area contributed by atoms with Gasteiger partial charge in [0.2, 0.25) is 5.91 Å². The van der Waals surface area contributed by atoms with Crippen LogP contribution >= 0.6 is 0 Å². The Balaban J connectivity index is 2.61. The highest BCUT2D eigenvalue weighted by molar-refractivity contribution is 5.86. The van der Waals surface area contributed by atoms with E-state index in [-0.39, 0.29) is 17.9 Å². The average molecular weight is 326 g/mol. The second-order valence-electron chi connectivity index (χ2n) is 9.15. The van der Waals surface area contributed by atoms with Crippen LogP contribution in [0.3, 0.4) is 0 Å². The predicted molar refractivity (Wildman–Crippen MR) is 92.0 cm³/mol. The van der Waals surface area contributed by atoms with E-state index < -0.39 is 12.0 Å².